The van der Waals surface area contributed by atoms with Gasteiger partial charge in [0.2, 0.25) is 5.91 Å². The van der Waals surface area contributed by atoms with Crippen LogP contribution < -0.4 is 9.04 Å². The van der Waals surface area contributed by atoms with Gasteiger partial charge < -0.3 is 9.64 Å². The molecule has 162 valence electrons. The molecule has 3 aromatic carbocycles. The van der Waals surface area contributed by atoms with Gasteiger partial charge in [-0.2, -0.15) is 0 Å². The molecule has 0 saturated carbocycles. The molecule has 0 atom stereocenters. The van der Waals surface area contributed by atoms with Crippen LogP contribution in [0.4, 0.5) is 10.1 Å². The van der Waals surface area contributed by atoms with Crippen LogP contribution in [0.25, 0.3) is 0 Å². The summed E-state index contributed by atoms with van der Waals surface area (Å²) in [5.41, 5.74) is 1.22. The molecule has 0 unspecified atom stereocenters. The average molecular weight is 443 g/mol. The molecule has 0 aliphatic rings. The molecule has 0 radical (unpaired) electrons. The second kappa shape index (κ2) is 9.61. The van der Waals surface area contributed by atoms with E-state index in [-0.39, 0.29) is 10.8 Å². The van der Waals surface area contributed by atoms with Gasteiger partial charge >= 0.3 is 0 Å². The number of benzene rings is 3. The van der Waals surface area contributed by atoms with Crippen molar-refractivity contribution in [3.05, 3.63) is 90.2 Å². The second-order valence-corrected chi connectivity index (χ2v) is 8.76. The lowest BCUT2D eigenvalue weighted by Crippen LogP contribution is -2.41. The highest BCUT2D eigenvalue weighted by Crippen LogP contribution is 2.26. The number of carbonyl (C=O) groups is 1. The minimum atomic E-state index is -4.11. The molecule has 0 aromatic heterocycles. The van der Waals surface area contributed by atoms with Gasteiger partial charge in [-0.1, -0.05) is 30.3 Å². The third-order valence-electron chi connectivity index (χ3n) is 4.73. The monoisotopic (exact) mass is 442 g/mol. The number of carbonyl (C=O) groups excluding carboxylic acids is 1. The van der Waals surface area contributed by atoms with E-state index in [0.717, 1.165) is 22.0 Å². The Morgan fingerprint density at radius 1 is 0.935 bits per heavy atom. The van der Waals surface area contributed by atoms with E-state index in [0.29, 0.717) is 18.0 Å². The number of methoxy groups -OCH3 is 1. The van der Waals surface area contributed by atoms with E-state index in [1.54, 1.807) is 31.3 Å². The van der Waals surface area contributed by atoms with Crippen molar-refractivity contribution < 1.29 is 22.3 Å². The normalized spacial score (nSPS) is 11.1. The summed E-state index contributed by atoms with van der Waals surface area (Å²) in [5, 5.41) is 0. The smallest absolute Gasteiger partial charge is 0.264 e. The highest BCUT2D eigenvalue weighted by Gasteiger charge is 2.28. The summed E-state index contributed by atoms with van der Waals surface area (Å²) >= 11 is 0. The Labute approximate surface area is 181 Å². The molecule has 3 rings (SSSR count). The van der Waals surface area contributed by atoms with Gasteiger partial charge in [-0.05, 0) is 54.1 Å². The number of rotatable bonds is 8. The molecule has 0 heterocycles. The van der Waals surface area contributed by atoms with Gasteiger partial charge in [0.25, 0.3) is 10.0 Å². The zero-order valence-corrected chi connectivity index (χ0v) is 18.0. The molecule has 0 aliphatic heterocycles. The topological polar surface area (TPSA) is 66.9 Å². The van der Waals surface area contributed by atoms with Gasteiger partial charge in [-0.3, -0.25) is 9.10 Å². The minimum absolute atomic E-state index is 0.108. The largest absolute Gasteiger partial charge is 0.497 e. The molecule has 0 fully saturated rings. The lowest BCUT2D eigenvalue weighted by molar-refractivity contribution is -0.128. The van der Waals surface area contributed by atoms with Crippen molar-refractivity contribution in [1.29, 1.82) is 0 Å². The number of ether oxygens (including phenoxy) is 1. The molecule has 0 N–H and O–H groups in total. The number of amides is 1. The van der Waals surface area contributed by atoms with Crippen LogP contribution in [0.15, 0.2) is 83.8 Å². The maximum atomic E-state index is 13.3. The highest BCUT2D eigenvalue weighted by molar-refractivity contribution is 7.92. The van der Waals surface area contributed by atoms with Crippen molar-refractivity contribution in [3.8, 4) is 5.75 Å². The van der Waals surface area contributed by atoms with Gasteiger partial charge in [0.1, 0.15) is 18.1 Å². The zero-order chi connectivity index (χ0) is 22.4. The number of hydrogen-bond acceptors (Lipinski definition) is 4. The Kier molecular flexibility index (Phi) is 6.91. The fourth-order valence-electron chi connectivity index (χ4n) is 2.99. The summed E-state index contributed by atoms with van der Waals surface area (Å²) < 4.78 is 46.1. The maximum absolute atomic E-state index is 13.3. The van der Waals surface area contributed by atoms with Crippen LogP contribution in [0.1, 0.15) is 5.56 Å². The van der Waals surface area contributed by atoms with Crippen molar-refractivity contribution in [1.82, 2.24) is 4.90 Å². The summed E-state index contributed by atoms with van der Waals surface area (Å²) in [6.07, 6.45) is 0. The Bertz CT molecular complexity index is 1120. The molecule has 0 bridgehead atoms. The van der Waals surface area contributed by atoms with Gasteiger partial charge in [-0.25, -0.2) is 12.8 Å². The molecule has 0 aliphatic carbocycles. The summed E-state index contributed by atoms with van der Waals surface area (Å²) in [6, 6.07) is 20.2. The first kappa shape index (κ1) is 22.3. The predicted octanol–water partition coefficient (Wildman–Crippen LogP) is 3.69. The minimum Gasteiger partial charge on any atom is -0.497 e. The van der Waals surface area contributed by atoms with Crippen LogP contribution in [0, 0.1) is 5.82 Å². The first-order chi connectivity index (χ1) is 14.8. The lowest BCUT2D eigenvalue weighted by atomic mass is 10.2. The Balaban J connectivity index is 1.91. The highest BCUT2D eigenvalue weighted by atomic mass is 32.2. The fourth-order valence-corrected chi connectivity index (χ4v) is 4.40. The zero-order valence-electron chi connectivity index (χ0n) is 17.2. The molecular weight excluding hydrogens is 419 g/mol. The molecule has 0 spiro atoms. The van der Waals surface area contributed by atoms with Crippen LogP contribution in [0.3, 0.4) is 0 Å². The van der Waals surface area contributed by atoms with E-state index in [1.807, 2.05) is 30.3 Å². The number of sulfonamides is 1. The standard InChI is InChI=1S/C23H23FN2O4S/c1-25(16-18-6-4-3-5-7-18)23(27)17-26(20-10-12-21(30-2)13-11-20)31(28,29)22-14-8-19(24)9-15-22/h3-15H,16-17H2,1-2H3. The van der Waals surface area contributed by atoms with Crippen molar-refractivity contribution in [2.24, 2.45) is 0 Å². The van der Waals surface area contributed by atoms with Gasteiger partial charge in [0, 0.05) is 13.6 Å². The van der Waals surface area contributed by atoms with Gasteiger partial charge in [0.15, 0.2) is 0 Å². The first-order valence-corrected chi connectivity index (χ1v) is 11.0. The number of nitrogens with zero attached hydrogens (tertiary/aromatic N) is 2. The van der Waals surface area contributed by atoms with E-state index < -0.39 is 22.4 Å². The lowest BCUT2D eigenvalue weighted by Gasteiger charge is -2.27. The average Bonchev–Trinajstić information content (AvgIpc) is 2.78. The van der Waals surface area contributed by atoms with E-state index in [4.69, 9.17) is 4.74 Å². The van der Waals surface area contributed by atoms with Crippen LogP contribution in [-0.2, 0) is 21.4 Å². The summed E-state index contributed by atoms with van der Waals surface area (Å²) in [7, 11) is -0.992. The molecular formula is C23H23FN2O4S. The Morgan fingerprint density at radius 2 is 1.55 bits per heavy atom. The number of likely N-dealkylation sites (N-methyl/N-ethyl adjacent to an activating group) is 1. The third-order valence-corrected chi connectivity index (χ3v) is 6.52. The van der Waals surface area contributed by atoms with E-state index in [1.165, 1.54) is 24.1 Å². The third kappa shape index (κ3) is 5.40. The van der Waals surface area contributed by atoms with Crippen LogP contribution in [0.5, 0.6) is 5.75 Å². The van der Waals surface area contributed by atoms with Gasteiger partial charge in [-0.15, -0.1) is 0 Å². The quantitative estimate of drug-likeness (QED) is 0.534. The van der Waals surface area contributed by atoms with Crippen molar-refractivity contribution in [3.63, 3.8) is 0 Å². The molecule has 6 nitrogen and oxygen atoms in total. The van der Waals surface area contributed by atoms with Gasteiger partial charge in [0.05, 0.1) is 17.7 Å². The van der Waals surface area contributed by atoms with Crippen LogP contribution >= 0.6 is 0 Å². The predicted molar refractivity (Wildman–Crippen MR) is 117 cm³/mol. The summed E-state index contributed by atoms with van der Waals surface area (Å²) in [4.78, 5) is 14.3. The Morgan fingerprint density at radius 3 is 2.13 bits per heavy atom. The number of hydrogen-bond donors (Lipinski definition) is 0. The van der Waals surface area contributed by atoms with Crippen LogP contribution in [0.2, 0.25) is 0 Å². The molecule has 0 saturated heterocycles. The van der Waals surface area contributed by atoms with Crippen molar-refractivity contribution >= 4 is 21.6 Å². The second-order valence-electron chi connectivity index (χ2n) is 6.90. The van der Waals surface area contributed by atoms with Crippen LogP contribution in [-0.4, -0.2) is 39.9 Å². The van der Waals surface area contributed by atoms with E-state index in [9.17, 15) is 17.6 Å². The van der Waals surface area contributed by atoms with Crippen molar-refractivity contribution in [2.75, 3.05) is 25.0 Å². The SMILES string of the molecule is COc1ccc(N(CC(=O)N(C)Cc2ccccc2)S(=O)(=O)c2ccc(F)cc2)cc1. The summed E-state index contributed by atoms with van der Waals surface area (Å²) in [6.45, 7) is -0.0674. The van der Waals surface area contributed by atoms with E-state index >= 15 is 0 Å². The van der Waals surface area contributed by atoms with Crippen molar-refractivity contribution in [2.45, 2.75) is 11.4 Å². The Hall–Kier alpha value is -3.39. The molecule has 3 aromatic rings. The fraction of sp³-hybridized carbons (Fsp3) is 0.174. The van der Waals surface area contributed by atoms with E-state index in [2.05, 4.69) is 0 Å². The molecule has 31 heavy (non-hydrogen) atoms. The maximum Gasteiger partial charge on any atom is 0.264 e. The molecule has 1 amide bonds. The molecule has 8 heteroatoms. The first-order valence-electron chi connectivity index (χ1n) is 9.51. The number of anilines is 1. The number of halogens is 1. The summed E-state index contributed by atoms with van der Waals surface area (Å²) in [5.74, 6) is -0.380.